The molecule has 0 saturated heterocycles. The largest absolute Gasteiger partial charge is 0.384 e. The van der Waals surface area contributed by atoms with Crippen molar-refractivity contribution in [2.24, 2.45) is 0 Å². The molecule has 0 aliphatic heterocycles. The van der Waals surface area contributed by atoms with Crippen LogP contribution in [-0.2, 0) is 0 Å². The van der Waals surface area contributed by atoms with Crippen LogP contribution in [0.3, 0.4) is 0 Å². The number of rotatable bonds is 0. The maximum Gasteiger partial charge on any atom is 0.222 e. The second-order valence-electron chi connectivity index (χ2n) is 2.42. The molecular formula is C10H9N3O2. The number of anilines is 1. The van der Waals surface area contributed by atoms with Crippen LogP contribution in [0.2, 0.25) is 0 Å². The number of hydrogen-bond acceptors (Lipinski definition) is 5. The van der Waals surface area contributed by atoms with Gasteiger partial charge in [-0.15, -0.1) is 0 Å². The standard InChI is InChI=1S/C10H9N3O2/c11-10-12-8(3-1-5-14)7-9(13-10)4-2-6-15/h7,14-15H,5-6H2,(H2,11,12,13). The van der Waals surface area contributed by atoms with E-state index in [2.05, 4.69) is 33.6 Å². The van der Waals surface area contributed by atoms with E-state index in [0.29, 0.717) is 11.4 Å². The van der Waals surface area contributed by atoms with Gasteiger partial charge < -0.3 is 15.9 Å². The van der Waals surface area contributed by atoms with Crippen LogP contribution in [0, 0.1) is 23.7 Å². The SMILES string of the molecule is Nc1nc(C#CCO)cc(C#CCO)n1. The number of hydrogen-bond donors (Lipinski definition) is 3. The summed E-state index contributed by atoms with van der Waals surface area (Å²) in [7, 11) is 0. The molecule has 4 N–H and O–H groups in total. The van der Waals surface area contributed by atoms with E-state index in [1.165, 1.54) is 6.07 Å². The highest BCUT2D eigenvalue weighted by molar-refractivity contribution is 5.39. The molecule has 1 rings (SSSR count). The predicted octanol–water partition coefficient (Wildman–Crippen LogP) is -1.25. The van der Waals surface area contributed by atoms with Crippen molar-refractivity contribution in [3.8, 4) is 23.7 Å². The molecule has 0 bridgehead atoms. The zero-order valence-corrected chi connectivity index (χ0v) is 7.86. The van der Waals surface area contributed by atoms with Gasteiger partial charge in [-0.05, 0) is 11.8 Å². The van der Waals surface area contributed by atoms with E-state index in [1.807, 2.05) is 0 Å². The summed E-state index contributed by atoms with van der Waals surface area (Å²) >= 11 is 0. The zero-order valence-electron chi connectivity index (χ0n) is 7.86. The highest BCUT2D eigenvalue weighted by atomic mass is 16.3. The van der Waals surface area contributed by atoms with Gasteiger partial charge >= 0.3 is 0 Å². The van der Waals surface area contributed by atoms with E-state index in [1.54, 1.807) is 0 Å². The third kappa shape index (κ3) is 3.65. The van der Waals surface area contributed by atoms with Gasteiger partial charge in [0.15, 0.2) is 0 Å². The van der Waals surface area contributed by atoms with Gasteiger partial charge in [0.25, 0.3) is 0 Å². The summed E-state index contributed by atoms with van der Waals surface area (Å²) in [5.41, 5.74) is 6.20. The number of nitrogens with zero attached hydrogens (tertiary/aromatic N) is 2. The minimum atomic E-state index is -0.248. The van der Waals surface area contributed by atoms with E-state index < -0.39 is 0 Å². The minimum Gasteiger partial charge on any atom is -0.384 e. The summed E-state index contributed by atoms with van der Waals surface area (Å²) in [6.45, 7) is -0.497. The summed E-state index contributed by atoms with van der Waals surface area (Å²) in [6, 6.07) is 1.53. The fourth-order valence-electron chi connectivity index (χ4n) is 0.854. The maximum atomic E-state index is 8.50. The van der Waals surface area contributed by atoms with Gasteiger partial charge in [-0.2, -0.15) is 0 Å². The fraction of sp³-hybridized carbons (Fsp3) is 0.200. The molecule has 0 fully saturated rings. The minimum absolute atomic E-state index is 0.0574. The number of nitrogen functional groups attached to an aromatic ring is 1. The molecule has 0 aliphatic carbocycles. The Morgan fingerprint density at radius 2 is 1.53 bits per heavy atom. The zero-order chi connectivity index (χ0) is 11.1. The Balaban J connectivity index is 3.05. The van der Waals surface area contributed by atoms with Crippen LogP contribution >= 0.6 is 0 Å². The third-order valence-corrected chi connectivity index (χ3v) is 1.33. The first-order chi connectivity index (χ1) is 7.26. The van der Waals surface area contributed by atoms with Gasteiger partial charge in [0, 0.05) is 6.07 Å². The molecule has 5 nitrogen and oxygen atoms in total. The molecule has 0 unspecified atom stereocenters. The smallest absolute Gasteiger partial charge is 0.222 e. The second-order valence-corrected chi connectivity index (χ2v) is 2.42. The molecule has 15 heavy (non-hydrogen) atoms. The van der Waals surface area contributed by atoms with Gasteiger partial charge in [-0.3, -0.25) is 0 Å². The molecule has 0 saturated carbocycles. The first-order valence-corrected chi connectivity index (χ1v) is 4.10. The summed E-state index contributed by atoms with van der Waals surface area (Å²) in [4.78, 5) is 7.66. The average Bonchev–Trinajstić information content (AvgIpc) is 2.23. The highest BCUT2D eigenvalue weighted by Gasteiger charge is 1.97. The molecular weight excluding hydrogens is 194 g/mol. The lowest BCUT2D eigenvalue weighted by atomic mass is 10.3. The summed E-state index contributed by atoms with van der Waals surface area (Å²) < 4.78 is 0. The van der Waals surface area contributed by atoms with Gasteiger partial charge in [-0.25, -0.2) is 9.97 Å². The Labute approximate surface area is 87.0 Å². The lowest BCUT2D eigenvalue weighted by molar-refractivity contribution is 0.350. The van der Waals surface area contributed by atoms with Gasteiger partial charge in [0.2, 0.25) is 5.95 Å². The molecule has 1 heterocycles. The molecule has 0 spiro atoms. The maximum absolute atomic E-state index is 8.50. The van der Waals surface area contributed by atoms with Crippen LogP contribution in [0.25, 0.3) is 0 Å². The molecule has 0 atom stereocenters. The van der Waals surface area contributed by atoms with Crippen molar-refractivity contribution in [1.29, 1.82) is 0 Å². The van der Waals surface area contributed by atoms with E-state index in [-0.39, 0.29) is 19.2 Å². The number of nitrogens with two attached hydrogens (primary N) is 1. The molecule has 0 amide bonds. The van der Waals surface area contributed by atoms with E-state index in [9.17, 15) is 0 Å². The molecule has 0 aliphatic rings. The Morgan fingerprint density at radius 1 is 1.07 bits per heavy atom. The van der Waals surface area contributed by atoms with Crippen LogP contribution in [-0.4, -0.2) is 33.4 Å². The lowest BCUT2D eigenvalue weighted by Crippen LogP contribution is -1.99. The first kappa shape index (κ1) is 11.0. The molecule has 1 aromatic heterocycles. The Morgan fingerprint density at radius 3 is 1.93 bits per heavy atom. The normalized spacial score (nSPS) is 8.40. The average molecular weight is 203 g/mol. The number of aromatic nitrogens is 2. The second kappa shape index (κ2) is 5.61. The third-order valence-electron chi connectivity index (χ3n) is 1.33. The van der Waals surface area contributed by atoms with Crippen molar-refractivity contribution < 1.29 is 10.2 Å². The number of aliphatic hydroxyl groups is 2. The molecule has 0 aromatic carbocycles. The predicted molar refractivity (Wildman–Crippen MR) is 54.4 cm³/mol. The van der Waals surface area contributed by atoms with Crippen LogP contribution in [0.4, 0.5) is 5.95 Å². The van der Waals surface area contributed by atoms with E-state index in [0.717, 1.165) is 0 Å². The van der Waals surface area contributed by atoms with Crippen molar-refractivity contribution in [3.05, 3.63) is 17.5 Å². The quantitative estimate of drug-likeness (QED) is 0.458. The lowest BCUT2D eigenvalue weighted by Gasteiger charge is -1.94. The molecule has 76 valence electrons. The van der Waals surface area contributed by atoms with Crippen molar-refractivity contribution in [3.63, 3.8) is 0 Å². The molecule has 0 radical (unpaired) electrons. The van der Waals surface area contributed by atoms with E-state index in [4.69, 9.17) is 15.9 Å². The van der Waals surface area contributed by atoms with Crippen LogP contribution in [0.15, 0.2) is 6.07 Å². The Bertz CT molecular complexity index is 423. The number of aliphatic hydroxyl groups excluding tert-OH is 2. The Hall–Kier alpha value is -2.08. The van der Waals surface area contributed by atoms with E-state index >= 15 is 0 Å². The Kier molecular flexibility index (Phi) is 4.11. The topological polar surface area (TPSA) is 92.3 Å². The van der Waals surface area contributed by atoms with Crippen molar-refractivity contribution in [1.82, 2.24) is 9.97 Å². The monoisotopic (exact) mass is 203 g/mol. The van der Waals surface area contributed by atoms with Gasteiger partial charge in [-0.1, -0.05) is 11.8 Å². The first-order valence-electron chi connectivity index (χ1n) is 4.10. The van der Waals surface area contributed by atoms with Crippen molar-refractivity contribution in [2.75, 3.05) is 18.9 Å². The van der Waals surface area contributed by atoms with Crippen LogP contribution < -0.4 is 5.73 Å². The fourth-order valence-corrected chi connectivity index (χ4v) is 0.854. The van der Waals surface area contributed by atoms with Crippen LogP contribution in [0.1, 0.15) is 11.4 Å². The summed E-state index contributed by atoms with van der Waals surface area (Å²) in [6.07, 6.45) is 0. The summed E-state index contributed by atoms with van der Waals surface area (Å²) in [5, 5.41) is 17.0. The van der Waals surface area contributed by atoms with Crippen molar-refractivity contribution >= 4 is 5.95 Å². The summed E-state index contributed by atoms with van der Waals surface area (Å²) in [5.74, 6) is 10.1. The van der Waals surface area contributed by atoms with Gasteiger partial charge in [0.1, 0.15) is 24.6 Å². The molecule has 1 aromatic rings. The molecule has 5 heteroatoms. The highest BCUT2D eigenvalue weighted by Crippen LogP contribution is 2.00. The van der Waals surface area contributed by atoms with Crippen LogP contribution in [0.5, 0.6) is 0 Å². The van der Waals surface area contributed by atoms with Gasteiger partial charge in [0.05, 0.1) is 0 Å². The van der Waals surface area contributed by atoms with Crippen molar-refractivity contribution in [2.45, 2.75) is 0 Å².